The number of nitrogens with two attached hydrogens (primary N) is 1. The zero-order valence-electron chi connectivity index (χ0n) is 8.73. The number of phenols is 1. The van der Waals surface area contributed by atoms with Gasteiger partial charge in [0.05, 0.1) is 5.92 Å². The van der Waals surface area contributed by atoms with Crippen LogP contribution in [0.2, 0.25) is 0 Å². The van der Waals surface area contributed by atoms with E-state index in [1.807, 2.05) is 0 Å². The van der Waals surface area contributed by atoms with Crippen LogP contribution in [-0.2, 0) is 11.2 Å². The lowest BCUT2D eigenvalue weighted by Crippen LogP contribution is -2.34. The van der Waals surface area contributed by atoms with Crippen molar-refractivity contribution in [2.24, 2.45) is 11.7 Å². The highest BCUT2D eigenvalue weighted by molar-refractivity contribution is 5.78. The molecule has 1 amide bonds. The van der Waals surface area contributed by atoms with Crippen molar-refractivity contribution < 1.29 is 9.90 Å². The van der Waals surface area contributed by atoms with Gasteiger partial charge in [-0.05, 0) is 24.1 Å². The van der Waals surface area contributed by atoms with Gasteiger partial charge in [-0.2, -0.15) is 0 Å². The van der Waals surface area contributed by atoms with Crippen molar-refractivity contribution in [2.45, 2.75) is 6.42 Å². The fourth-order valence-electron chi connectivity index (χ4n) is 1.40. The molecule has 0 aliphatic carbocycles. The van der Waals surface area contributed by atoms with Crippen molar-refractivity contribution in [3.05, 3.63) is 29.8 Å². The van der Waals surface area contributed by atoms with Crippen molar-refractivity contribution in [1.29, 1.82) is 0 Å². The second-order valence-electron chi connectivity index (χ2n) is 3.42. The summed E-state index contributed by atoms with van der Waals surface area (Å²) in [5.41, 5.74) is 6.51. The molecule has 4 N–H and O–H groups in total. The highest BCUT2D eigenvalue weighted by Crippen LogP contribution is 2.13. The minimum Gasteiger partial charge on any atom is -0.508 e. The summed E-state index contributed by atoms with van der Waals surface area (Å²) in [6, 6.07) is 6.79. The van der Waals surface area contributed by atoms with Crippen LogP contribution in [0.25, 0.3) is 0 Å². The minimum atomic E-state index is -0.209. The fourth-order valence-corrected chi connectivity index (χ4v) is 1.40. The van der Waals surface area contributed by atoms with E-state index in [0.717, 1.165) is 5.56 Å². The number of rotatable bonds is 4. The standard InChI is InChI=1S/C11H16N2O2/c1-13-11(15)9(7-12)6-8-2-4-10(14)5-3-8/h2-5,9,14H,6-7,12H2,1H3,(H,13,15). The average molecular weight is 208 g/mol. The Labute approximate surface area is 89.1 Å². The molecule has 1 aromatic rings. The number of carbonyl (C=O) groups excluding carboxylic acids is 1. The molecule has 82 valence electrons. The van der Waals surface area contributed by atoms with Crippen molar-refractivity contribution in [3.8, 4) is 5.75 Å². The van der Waals surface area contributed by atoms with Crippen molar-refractivity contribution in [2.75, 3.05) is 13.6 Å². The van der Waals surface area contributed by atoms with E-state index in [-0.39, 0.29) is 17.6 Å². The van der Waals surface area contributed by atoms with E-state index in [1.165, 1.54) is 0 Å². The van der Waals surface area contributed by atoms with Crippen molar-refractivity contribution in [3.63, 3.8) is 0 Å². The molecule has 15 heavy (non-hydrogen) atoms. The lowest BCUT2D eigenvalue weighted by molar-refractivity contribution is -0.124. The molecule has 0 fully saturated rings. The van der Waals surface area contributed by atoms with Gasteiger partial charge in [0.2, 0.25) is 5.91 Å². The molecule has 0 aliphatic rings. The molecule has 1 rings (SSSR count). The first-order valence-corrected chi connectivity index (χ1v) is 4.87. The average Bonchev–Trinajstić information content (AvgIpc) is 2.27. The Morgan fingerprint density at radius 2 is 2.07 bits per heavy atom. The van der Waals surface area contributed by atoms with Gasteiger partial charge in [-0.1, -0.05) is 12.1 Å². The van der Waals surface area contributed by atoms with E-state index < -0.39 is 0 Å². The summed E-state index contributed by atoms with van der Waals surface area (Å²) in [4.78, 5) is 11.4. The van der Waals surface area contributed by atoms with E-state index in [4.69, 9.17) is 10.8 Å². The molecule has 0 bridgehead atoms. The number of hydrogen-bond acceptors (Lipinski definition) is 3. The van der Waals surface area contributed by atoms with E-state index in [1.54, 1.807) is 31.3 Å². The van der Waals surface area contributed by atoms with Crippen LogP contribution in [0.15, 0.2) is 24.3 Å². The highest BCUT2D eigenvalue weighted by Gasteiger charge is 2.15. The second-order valence-corrected chi connectivity index (χ2v) is 3.42. The highest BCUT2D eigenvalue weighted by atomic mass is 16.3. The topological polar surface area (TPSA) is 75.4 Å². The molecule has 0 aromatic heterocycles. The fraction of sp³-hybridized carbons (Fsp3) is 0.364. The summed E-state index contributed by atoms with van der Waals surface area (Å²) in [5, 5.41) is 11.7. The molecule has 0 radical (unpaired) electrons. The normalized spacial score (nSPS) is 12.1. The van der Waals surface area contributed by atoms with Crippen LogP contribution in [-0.4, -0.2) is 24.6 Å². The summed E-state index contributed by atoms with van der Waals surface area (Å²) < 4.78 is 0. The Morgan fingerprint density at radius 1 is 1.47 bits per heavy atom. The zero-order chi connectivity index (χ0) is 11.3. The number of aromatic hydroxyl groups is 1. The molecule has 0 saturated heterocycles. The third-order valence-corrected chi connectivity index (χ3v) is 2.32. The first kappa shape index (κ1) is 11.5. The number of amides is 1. The Kier molecular flexibility index (Phi) is 4.12. The third kappa shape index (κ3) is 3.25. The summed E-state index contributed by atoms with van der Waals surface area (Å²) in [5.74, 6) is -0.0342. The van der Waals surface area contributed by atoms with E-state index in [2.05, 4.69) is 5.32 Å². The third-order valence-electron chi connectivity index (χ3n) is 2.32. The van der Waals surface area contributed by atoms with Gasteiger partial charge in [-0.15, -0.1) is 0 Å². The number of nitrogens with one attached hydrogen (secondary N) is 1. The summed E-state index contributed by atoms with van der Waals surface area (Å²) in [6.07, 6.45) is 0.594. The van der Waals surface area contributed by atoms with Gasteiger partial charge in [0.1, 0.15) is 5.75 Å². The van der Waals surface area contributed by atoms with Gasteiger partial charge in [-0.25, -0.2) is 0 Å². The quantitative estimate of drug-likeness (QED) is 0.664. The lowest BCUT2D eigenvalue weighted by Gasteiger charge is -2.12. The summed E-state index contributed by atoms with van der Waals surface area (Å²) in [6.45, 7) is 0.320. The number of benzene rings is 1. The van der Waals surface area contributed by atoms with Gasteiger partial charge >= 0.3 is 0 Å². The maximum atomic E-state index is 11.4. The molecule has 0 saturated carbocycles. The Morgan fingerprint density at radius 3 is 2.53 bits per heavy atom. The first-order valence-electron chi connectivity index (χ1n) is 4.87. The van der Waals surface area contributed by atoms with Crippen LogP contribution >= 0.6 is 0 Å². The Hall–Kier alpha value is -1.55. The largest absolute Gasteiger partial charge is 0.508 e. The minimum absolute atomic E-state index is 0.0504. The van der Waals surface area contributed by atoms with Gasteiger partial charge in [-0.3, -0.25) is 4.79 Å². The zero-order valence-corrected chi connectivity index (χ0v) is 8.73. The lowest BCUT2D eigenvalue weighted by atomic mass is 9.98. The van der Waals surface area contributed by atoms with E-state index in [9.17, 15) is 4.79 Å². The van der Waals surface area contributed by atoms with Crippen molar-refractivity contribution in [1.82, 2.24) is 5.32 Å². The number of phenolic OH excluding ortho intramolecular Hbond substituents is 1. The monoisotopic (exact) mass is 208 g/mol. The van der Waals surface area contributed by atoms with Gasteiger partial charge < -0.3 is 16.2 Å². The number of carbonyl (C=O) groups is 1. The Balaban J connectivity index is 2.66. The van der Waals surface area contributed by atoms with Crippen LogP contribution in [0.5, 0.6) is 5.75 Å². The first-order chi connectivity index (χ1) is 7.17. The molecule has 1 atom stereocenters. The van der Waals surface area contributed by atoms with Gasteiger partial charge in [0.15, 0.2) is 0 Å². The molecule has 4 nitrogen and oxygen atoms in total. The Bertz CT molecular complexity index is 322. The summed E-state index contributed by atoms with van der Waals surface area (Å²) in [7, 11) is 1.60. The van der Waals surface area contributed by atoms with Crippen LogP contribution in [0.3, 0.4) is 0 Å². The maximum absolute atomic E-state index is 11.4. The van der Waals surface area contributed by atoms with Crippen LogP contribution in [0, 0.1) is 5.92 Å². The van der Waals surface area contributed by atoms with E-state index >= 15 is 0 Å². The predicted octanol–water partition coefficient (Wildman–Crippen LogP) is 0.256. The van der Waals surface area contributed by atoms with Crippen LogP contribution in [0.4, 0.5) is 0 Å². The summed E-state index contributed by atoms with van der Waals surface area (Å²) >= 11 is 0. The molecule has 4 heteroatoms. The van der Waals surface area contributed by atoms with Gasteiger partial charge in [0.25, 0.3) is 0 Å². The molecule has 0 spiro atoms. The molecule has 1 aromatic carbocycles. The van der Waals surface area contributed by atoms with E-state index in [0.29, 0.717) is 13.0 Å². The predicted molar refractivity (Wildman–Crippen MR) is 58.4 cm³/mol. The maximum Gasteiger partial charge on any atom is 0.224 e. The molecular weight excluding hydrogens is 192 g/mol. The second kappa shape index (κ2) is 5.36. The van der Waals surface area contributed by atoms with Crippen LogP contribution < -0.4 is 11.1 Å². The molecule has 0 heterocycles. The SMILES string of the molecule is CNC(=O)C(CN)Cc1ccc(O)cc1. The molecule has 0 aliphatic heterocycles. The smallest absolute Gasteiger partial charge is 0.224 e. The van der Waals surface area contributed by atoms with Crippen LogP contribution in [0.1, 0.15) is 5.56 Å². The molecular formula is C11H16N2O2. The molecule has 1 unspecified atom stereocenters. The van der Waals surface area contributed by atoms with Gasteiger partial charge in [0, 0.05) is 13.6 Å². The van der Waals surface area contributed by atoms with Crippen molar-refractivity contribution >= 4 is 5.91 Å². The number of hydrogen-bond donors (Lipinski definition) is 3.